The molecule has 0 aliphatic rings. The van der Waals surface area contributed by atoms with Crippen LogP contribution in [0.5, 0.6) is 0 Å². The number of hydrogen-bond donors (Lipinski definition) is 3. The molecule has 1 atom stereocenters. The van der Waals surface area contributed by atoms with Crippen LogP contribution in [0.4, 0.5) is 0 Å². The molecule has 2 rings (SSSR count). The zero-order valence-electron chi connectivity index (χ0n) is 12.0. The molecule has 0 bridgehead atoms. The van der Waals surface area contributed by atoms with Gasteiger partial charge in [-0.1, -0.05) is 13.0 Å². The van der Waals surface area contributed by atoms with E-state index in [0.717, 1.165) is 17.7 Å². The van der Waals surface area contributed by atoms with Crippen molar-refractivity contribution in [3.05, 3.63) is 41.9 Å². The molecule has 0 aliphatic heterocycles. The predicted molar refractivity (Wildman–Crippen MR) is 78.9 cm³/mol. The highest BCUT2D eigenvalue weighted by Crippen LogP contribution is 2.14. The van der Waals surface area contributed by atoms with E-state index in [0.29, 0.717) is 6.54 Å². The molecule has 3 N–H and O–H groups in total. The molecule has 114 valence electrons. The second-order valence-corrected chi connectivity index (χ2v) is 6.32. The van der Waals surface area contributed by atoms with E-state index in [2.05, 4.69) is 25.2 Å². The first-order chi connectivity index (χ1) is 10.0. The number of hydrogen-bond acceptors (Lipinski definition) is 5. The van der Waals surface area contributed by atoms with Gasteiger partial charge in [0.2, 0.25) is 0 Å². The van der Waals surface area contributed by atoms with E-state index in [1.165, 1.54) is 6.07 Å². The third kappa shape index (κ3) is 4.10. The summed E-state index contributed by atoms with van der Waals surface area (Å²) in [7, 11) is -3.65. The van der Waals surface area contributed by atoms with Crippen LogP contribution >= 0.6 is 0 Å². The first-order valence-corrected chi connectivity index (χ1v) is 8.18. The van der Waals surface area contributed by atoms with Crippen LogP contribution in [0.15, 0.2) is 35.7 Å². The minimum Gasteiger partial charge on any atom is -0.313 e. The Kier molecular flexibility index (Phi) is 5.05. The molecular weight excluding hydrogens is 290 g/mol. The van der Waals surface area contributed by atoms with Crippen LogP contribution in [0.1, 0.15) is 31.0 Å². The van der Waals surface area contributed by atoms with Crippen molar-refractivity contribution in [2.24, 2.45) is 0 Å². The maximum absolute atomic E-state index is 12.2. The van der Waals surface area contributed by atoms with Crippen molar-refractivity contribution in [2.75, 3.05) is 6.54 Å². The number of nitrogens with one attached hydrogen (secondary N) is 3. The van der Waals surface area contributed by atoms with Gasteiger partial charge in [0, 0.05) is 30.5 Å². The number of aromatic nitrogens is 3. The normalized spacial score (nSPS) is 13.2. The van der Waals surface area contributed by atoms with Gasteiger partial charge in [0.1, 0.15) is 0 Å². The molecule has 21 heavy (non-hydrogen) atoms. The van der Waals surface area contributed by atoms with Gasteiger partial charge >= 0.3 is 0 Å². The van der Waals surface area contributed by atoms with Crippen molar-refractivity contribution < 1.29 is 8.42 Å². The Morgan fingerprint density at radius 2 is 2.14 bits per heavy atom. The SMILES string of the molecule is CCNCc1ccc(S(=O)(=O)NC(C)c2cn[nH]c2)nc1. The van der Waals surface area contributed by atoms with Crippen molar-refractivity contribution in [3.63, 3.8) is 0 Å². The molecule has 0 spiro atoms. The Labute approximate surface area is 124 Å². The highest BCUT2D eigenvalue weighted by atomic mass is 32.2. The Morgan fingerprint density at radius 1 is 1.33 bits per heavy atom. The summed E-state index contributed by atoms with van der Waals surface area (Å²) in [6, 6.07) is 2.89. The molecule has 1 unspecified atom stereocenters. The molecular formula is C13H19N5O2S. The first-order valence-electron chi connectivity index (χ1n) is 6.69. The number of rotatable bonds is 7. The lowest BCUT2D eigenvalue weighted by atomic mass is 10.2. The van der Waals surface area contributed by atoms with Gasteiger partial charge < -0.3 is 5.32 Å². The highest BCUT2D eigenvalue weighted by Gasteiger charge is 2.20. The Morgan fingerprint density at radius 3 is 2.71 bits per heavy atom. The van der Waals surface area contributed by atoms with Crippen molar-refractivity contribution >= 4 is 10.0 Å². The predicted octanol–water partition coefficient (Wildman–Crippen LogP) is 0.954. The van der Waals surface area contributed by atoms with Crippen molar-refractivity contribution in [3.8, 4) is 0 Å². The lowest BCUT2D eigenvalue weighted by Gasteiger charge is -2.12. The van der Waals surface area contributed by atoms with E-state index in [9.17, 15) is 8.42 Å². The summed E-state index contributed by atoms with van der Waals surface area (Å²) in [5, 5.41) is 9.63. The summed E-state index contributed by atoms with van der Waals surface area (Å²) in [5.41, 5.74) is 1.71. The van der Waals surface area contributed by atoms with Crippen LogP contribution in [-0.4, -0.2) is 30.1 Å². The molecule has 0 aromatic carbocycles. The molecule has 0 saturated carbocycles. The number of H-pyrrole nitrogens is 1. The lowest BCUT2D eigenvalue weighted by molar-refractivity contribution is 0.563. The zero-order valence-corrected chi connectivity index (χ0v) is 12.8. The fourth-order valence-corrected chi connectivity index (χ4v) is 2.96. The third-order valence-corrected chi connectivity index (χ3v) is 4.46. The van der Waals surface area contributed by atoms with E-state index >= 15 is 0 Å². The molecule has 2 aromatic rings. The summed E-state index contributed by atoms with van der Waals surface area (Å²) in [5.74, 6) is 0. The van der Waals surface area contributed by atoms with Crippen LogP contribution in [0, 0.1) is 0 Å². The van der Waals surface area contributed by atoms with Gasteiger partial charge in [-0.3, -0.25) is 5.10 Å². The van der Waals surface area contributed by atoms with Gasteiger partial charge in [-0.25, -0.2) is 18.1 Å². The van der Waals surface area contributed by atoms with Crippen molar-refractivity contribution in [1.29, 1.82) is 0 Å². The number of pyridine rings is 1. The van der Waals surface area contributed by atoms with Crippen LogP contribution in [-0.2, 0) is 16.6 Å². The topological polar surface area (TPSA) is 99.8 Å². The molecule has 2 heterocycles. The molecule has 7 nitrogen and oxygen atoms in total. The lowest BCUT2D eigenvalue weighted by Crippen LogP contribution is -2.27. The van der Waals surface area contributed by atoms with Gasteiger partial charge in [-0.15, -0.1) is 0 Å². The zero-order chi connectivity index (χ0) is 15.3. The smallest absolute Gasteiger partial charge is 0.258 e. The number of sulfonamides is 1. The minimum absolute atomic E-state index is 0.0121. The van der Waals surface area contributed by atoms with Gasteiger partial charge in [0.15, 0.2) is 5.03 Å². The first kappa shape index (κ1) is 15.6. The van der Waals surface area contributed by atoms with Gasteiger partial charge in [-0.05, 0) is 25.1 Å². The standard InChI is InChI=1S/C13H19N5O2S/c1-3-14-6-11-4-5-13(15-7-11)21(19,20)18-10(2)12-8-16-17-9-12/h4-5,7-10,14,18H,3,6H2,1-2H3,(H,16,17). The molecule has 8 heteroatoms. The van der Waals surface area contributed by atoms with Crippen molar-refractivity contribution in [2.45, 2.75) is 31.5 Å². The molecule has 0 radical (unpaired) electrons. The third-order valence-electron chi connectivity index (χ3n) is 3.00. The molecule has 0 amide bonds. The van der Waals surface area contributed by atoms with E-state index in [1.54, 1.807) is 31.6 Å². The summed E-state index contributed by atoms with van der Waals surface area (Å²) in [6.45, 7) is 5.28. The molecule has 2 aromatic heterocycles. The maximum atomic E-state index is 12.2. The maximum Gasteiger partial charge on any atom is 0.258 e. The Balaban J connectivity index is 2.08. The van der Waals surface area contributed by atoms with Gasteiger partial charge in [-0.2, -0.15) is 5.10 Å². The number of nitrogens with zero attached hydrogens (tertiary/aromatic N) is 2. The fraction of sp³-hybridized carbons (Fsp3) is 0.385. The fourth-order valence-electron chi connectivity index (χ4n) is 1.80. The van der Waals surface area contributed by atoms with Crippen molar-refractivity contribution in [1.82, 2.24) is 25.2 Å². The minimum atomic E-state index is -3.65. The quantitative estimate of drug-likeness (QED) is 0.707. The summed E-state index contributed by atoms with van der Waals surface area (Å²) in [4.78, 5) is 4.02. The Hall–Kier alpha value is -1.77. The van der Waals surface area contributed by atoms with E-state index in [4.69, 9.17) is 0 Å². The second-order valence-electron chi connectivity index (χ2n) is 4.66. The van der Waals surface area contributed by atoms with Crippen LogP contribution in [0.25, 0.3) is 0 Å². The second kappa shape index (κ2) is 6.79. The Bertz CT molecular complexity index is 652. The average molecular weight is 309 g/mol. The molecule has 0 aliphatic carbocycles. The number of aromatic amines is 1. The average Bonchev–Trinajstić information content (AvgIpc) is 2.99. The van der Waals surface area contributed by atoms with E-state index in [1.807, 2.05) is 6.92 Å². The van der Waals surface area contributed by atoms with Crippen LogP contribution in [0.2, 0.25) is 0 Å². The monoisotopic (exact) mass is 309 g/mol. The summed E-state index contributed by atoms with van der Waals surface area (Å²) in [6.07, 6.45) is 4.81. The van der Waals surface area contributed by atoms with Crippen LogP contribution < -0.4 is 10.0 Å². The van der Waals surface area contributed by atoms with Gasteiger partial charge in [0.05, 0.1) is 6.20 Å². The molecule has 0 fully saturated rings. The largest absolute Gasteiger partial charge is 0.313 e. The highest BCUT2D eigenvalue weighted by molar-refractivity contribution is 7.89. The van der Waals surface area contributed by atoms with Crippen LogP contribution in [0.3, 0.4) is 0 Å². The molecule has 0 saturated heterocycles. The summed E-state index contributed by atoms with van der Waals surface area (Å²) >= 11 is 0. The van der Waals surface area contributed by atoms with Gasteiger partial charge in [0.25, 0.3) is 10.0 Å². The van der Waals surface area contributed by atoms with E-state index < -0.39 is 10.0 Å². The summed E-state index contributed by atoms with van der Waals surface area (Å²) < 4.78 is 27.1. The van der Waals surface area contributed by atoms with E-state index in [-0.39, 0.29) is 11.1 Å².